The van der Waals surface area contributed by atoms with Crippen molar-refractivity contribution in [2.45, 2.75) is 12.5 Å². The smallest absolute Gasteiger partial charge is 0.305 e. The number of aliphatic carboxylic acids is 1. The van der Waals surface area contributed by atoms with Gasteiger partial charge in [-0.1, -0.05) is 23.7 Å². The predicted octanol–water partition coefficient (Wildman–Crippen LogP) is 1.13. The highest BCUT2D eigenvalue weighted by atomic mass is 35.5. The van der Waals surface area contributed by atoms with E-state index in [0.29, 0.717) is 10.6 Å². The highest BCUT2D eigenvalue weighted by molar-refractivity contribution is 6.30. The van der Waals surface area contributed by atoms with Crippen LogP contribution >= 0.6 is 11.6 Å². The van der Waals surface area contributed by atoms with E-state index in [1.165, 1.54) is 0 Å². The van der Waals surface area contributed by atoms with Crippen molar-refractivity contribution in [1.29, 1.82) is 0 Å². The number of guanidine groups is 1. The molecule has 86 valence electrons. The fourth-order valence-electron chi connectivity index (χ4n) is 1.27. The lowest BCUT2D eigenvalue weighted by molar-refractivity contribution is -0.137. The maximum atomic E-state index is 10.7. The molecule has 0 saturated carbocycles. The molecule has 6 heteroatoms. The normalized spacial score (nSPS) is 11.8. The summed E-state index contributed by atoms with van der Waals surface area (Å²) >= 11 is 5.73. The highest BCUT2D eigenvalue weighted by Gasteiger charge is 2.14. The standard InChI is InChI=1S/C10H12ClN3O2/c11-7-3-1-6(2-4-7)8(5-9(15)16)14-10(12)13/h1-4,8H,5H2,(H,15,16)(H4,12,13,14). The molecule has 0 amide bonds. The molecule has 1 unspecified atom stereocenters. The van der Waals surface area contributed by atoms with E-state index in [2.05, 4.69) is 4.99 Å². The van der Waals surface area contributed by atoms with Crippen LogP contribution in [0, 0.1) is 0 Å². The molecule has 1 atom stereocenters. The summed E-state index contributed by atoms with van der Waals surface area (Å²) in [7, 11) is 0. The molecule has 1 rings (SSSR count). The van der Waals surface area contributed by atoms with E-state index < -0.39 is 12.0 Å². The molecule has 5 N–H and O–H groups in total. The van der Waals surface area contributed by atoms with Gasteiger partial charge in [0.05, 0.1) is 12.5 Å². The molecular formula is C10H12ClN3O2. The van der Waals surface area contributed by atoms with Crippen molar-refractivity contribution in [2.24, 2.45) is 16.5 Å². The van der Waals surface area contributed by atoms with E-state index in [0.717, 1.165) is 0 Å². The zero-order valence-electron chi connectivity index (χ0n) is 8.43. The van der Waals surface area contributed by atoms with Crippen LogP contribution in [-0.4, -0.2) is 17.0 Å². The Hall–Kier alpha value is -1.75. The lowest BCUT2D eigenvalue weighted by atomic mass is 10.0. The maximum absolute atomic E-state index is 10.7. The molecule has 0 fully saturated rings. The van der Waals surface area contributed by atoms with Gasteiger partial charge in [0.25, 0.3) is 0 Å². The molecule has 0 aromatic heterocycles. The average molecular weight is 242 g/mol. The number of carboxylic acid groups (broad SMARTS) is 1. The van der Waals surface area contributed by atoms with Crippen molar-refractivity contribution in [1.82, 2.24) is 0 Å². The van der Waals surface area contributed by atoms with Gasteiger partial charge in [0.15, 0.2) is 5.96 Å². The number of hydrogen-bond acceptors (Lipinski definition) is 2. The monoisotopic (exact) mass is 241 g/mol. The maximum Gasteiger partial charge on any atom is 0.305 e. The third kappa shape index (κ3) is 3.78. The zero-order chi connectivity index (χ0) is 12.1. The lowest BCUT2D eigenvalue weighted by Gasteiger charge is -2.10. The van der Waals surface area contributed by atoms with Crippen LogP contribution in [0.1, 0.15) is 18.0 Å². The first kappa shape index (κ1) is 12.3. The fraction of sp³-hybridized carbons (Fsp3) is 0.200. The third-order valence-electron chi connectivity index (χ3n) is 1.93. The molecule has 0 aliphatic carbocycles. The van der Waals surface area contributed by atoms with Crippen LogP contribution in [0.2, 0.25) is 5.02 Å². The van der Waals surface area contributed by atoms with E-state index in [1.54, 1.807) is 24.3 Å². The Morgan fingerprint density at radius 3 is 2.38 bits per heavy atom. The minimum Gasteiger partial charge on any atom is -0.481 e. The number of benzene rings is 1. The number of carboxylic acids is 1. The van der Waals surface area contributed by atoms with Crippen molar-refractivity contribution in [3.8, 4) is 0 Å². The Bertz CT molecular complexity index is 399. The Balaban J connectivity index is 2.96. The number of aliphatic imine (C=N–C) groups is 1. The number of hydrogen-bond donors (Lipinski definition) is 3. The summed E-state index contributed by atoms with van der Waals surface area (Å²) in [6.45, 7) is 0. The Kier molecular flexibility index (Phi) is 4.13. The summed E-state index contributed by atoms with van der Waals surface area (Å²) in [5, 5.41) is 9.31. The first-order valence-electron chi connectivity index (χ1n) is 4.55. The van der Waals surface area contributed by atoms with E-state index in [1.807, 2.05) is 0 Å². The highest BCUT2D eigenvalue weighted by Crippen LogP contribution is 2.22. The van der Waals surface area contributed by atoms with E-state index in [-0.39, 0.29) is 12.4 Å². The molecule has 1 aromatic carbocycles. The largest absolute Gasteiger partial charge is 0.481 e. The molecule has 16 heavy (non-hydrogen) atoms. The van der Waals surface area contributed by atoms with Crippen LogP contribution in [0.4, 0.5) is 0 Å². The van der Waals surface area contributed by atoms with Crippen LogP contribution in [-0.2, 0) is 4.79 Å². The van der Waals surface area contributed by atoms with Gasteiger partial charge in [-0.05, 0) is 17.7 Å². The van der Waals surface area contributed by atoms with Gasteiger partial charge in [0.2, 0.25) is 0 Å². The first-order valence-corrected chi connectivity index (χ1v) is 4.93. The minimum absolute atomic E-state index is 0.138. The van der Waals surface area contributed by atoms with Crippen LogP contribution in [0.15, 0.2) is 29.3 Å². The average Bonchev–Trinajstić information content (AvgIpc) is 2.16. The third-order valence-corrected chi connectivity index (χ3v) is 2.18. The SMILES string of the molecule is NC(N)=NC(CC(=O)O)c1ccc(Cl)cc1. The molecule has 0 spiro atoms. The number of nitrogens with two attached hydrogens (primary N) is 2. The van der Waals surface area contributed by atoms with Gasteiger partial charge in [-0.2, -0.15) is 0 Å². The molecular weight excluding hydrogens is 230 g/mol. The summed E-state index contributed by atoms with van der Waals surface area (Å²) in [5.74, 6) is -1.11. The number of nitrogens with zero attached hydrogens (tertiary/aromatic N) is 1. The van der Waals surface area contributed by atoms with E-state index in [4.69, 9.17) is 28.2 Å². The number of carbonyl (C=O) groups is 1. The van der Waals surface area contributed by atoms with Gasteiger partial charge >= 0.3 is 5.97 Å². The van der Waals surface area contributed by atoms with Crippen LogP contribution < -0.4 is 11.5 Å². The predicted molar refractivity (Wildman–Crippen MR) is 62.3 cm³/mol. The molecule has 1 aromatic rings. The quantitative estimate of drug-likeness (QED) is 0.543. The lowest BCUT2D eigenvalue weighted by Crippen LogP contribution is -2.24. The first-order chi connectivity index (χ1) is 7.49. The van der Waals surface area contributed by atoms with Crippen LogP contribution in [0.25, 0.3) is 0 Å². The minimum atomic E-state index is -0.968. The molecule has 0 bridgehead atoms. The number of rotatable bonds is 4. The second-order valence-electron chi connectivity index (χ2n) is 3.22. The Morgan fingerprint density at radius 1 is 1.38 bits per heavy atom. The Labute approximate surface area is 97.7 Å². The molecule has 0 aliphatic heterocycles. The summed E-state index contributed by atoms with van der Waals surface area (Å²) in [6, 6.07) is 6.13. The second-order valence-corrected chi connectivity index (χ2v) is 3.66. The number of halogens is 1. The van der Waals surface area contributed by atoms with E-state index >= 15 is 0 Å². The Morgan fingerprint density at radius 2 is 1.94 bits per heavy atom. The van der Waals surface area contributed by atoms with Crippen LogP contribution in [0.5, 0.6) is 0 Å². The fourth-order valence-corrected chi connectivity index (χ4v) is 1.39. The zero-order valence-corrected chi connectivity index (χ0v) is 9.19. The van der Waals surface area contributed by atoms with Crippen LogP contribution in [0.3, 0.4) is 0 Å². The van der Waals surface area contributed by atoms with Gasteiger partial charge in [-0.25, -0.2) is 4.99 Å². The van der Waals surface area contributed by atoms with Gasteiger partial charge in [0, 0.05) is 5.02 Å². The van der Waals surface area contributed by atoms with Crippen molar-refractivity contribution >= 4 is 23.5 Å². The molecule has 0 aliphatic rings. The van der Waals surface area contributed by atoms with Gasteiger partial charge in [0.1, 0.15) is 0 Å². The van der Waals surface area contributed by atoms with E-state index in [9.17, 15) is 4.79 Å². The summed E-state index contributed by atoms with van der Waals surface area (Å²) in [6.07, 6.45) is -0.167. The van der Waals surface area contributed by atoms with Gasteiger partial charge in [-0.15, -0.1) is 0 Å². The van der Waals surface area contributed by atoms with Crippen molar-refractivity contribution < 1.29 is 9.90 Å². The van der Waals surface area contributed by atoms with Crippen molar-refractivity contribution in [2.75, 3.05) is 0 Å². The van der Waals surface area contributed by atoms with Crippen molar-refractivity contribution in [3.05, 3.63) is 34.9 Å². The van der Waals surface area contributed by atoms with Gasteiger partial charge in [-0.3, -0.25) is 4.79 Å². The topological polar surface area (TPSA) is 102 Å². The molecule has 5 nitrogen and oxygen atoms in total. The molecule has 0 saturated heterocycles. The second kappa shape index (κ2) is 5.37. The summed E-state index contributed by atoms with van der Waals surface area (Å²) < 4.78 is 0. The van der Waals surface area contributed by atoms with Crippen molar-refractivity contribution in [3.63, 3.8) is 0 Å². The molecule has 0 radical (unpaired) electrons. The summed E-state index contributed by atoms with van der Waals surface area (Å²) in [5.41, 5.74) is 11.2. The summed E-state index contributed by atoms with van der Waals surface area (Å²) in [4.78, 5) is 14.5. The van der Waals surface area contributed by atoms with Gasteiger partial charge < -0.3 is 16.6 Å². The molecule has 0 heterocycles.